The van der Waals surface area contributed by atoms with Crippen molar-refractivity contribution in [2.24, 2.45) is 5.92 Å². The van der Waals surface area contributed by atoms with Gasteiger partial charge in [0.2, 0.25) is 0 Å². The van der Waals surface area contributed by atoms with Gasteiger partial charge in [0.25, 0.3) is 0 Å². The van der Waals surface area contributed by atoms with Crippen molar-refractivity contribution in [3.63, 3.8) is 0 Å². The molecule has 130 valence electrons. The molecular formula is C21H24FN3. The van der Waals surface area contributed by atoms with E-state index in [1.54, 1.807) is 6.07 Å². The van der Waals surface area contributed by atoms with Crippen LogP contribution in [0.25, 0.3) is 11.4 Å². The molecule has 4 heteroatoms. The van der Waals surface area contributed by atoms with Gasteiger partial charge < -0.3 is 0 Å². The van der Waals surface area contributed by atoms with Crippen LogP contribution in [-0.2, 0) is 6.42 Å². The first-order chi connectivity index (χ1) is 12.3. The summed E-state index contributed by atoms with van der Waals surface area (Å²) >= 11 is 0. The summed E-state index contributed by atoms with van der Waals surface area (Å²) in [7, 11) is 0. The van der Waals surface area contributed by atoms with Gasteiger partial charge in [-0.25, -0.2) is 14.4 Å². The number of unbranched alkanes of at least 4 members (excludes halogenated alkanes) is 2. The lowest BCUT2D eigenvalue weighted by atomic mass is 9.99. The molecule has 0 aliphatic heterocycles. The van der Waals surface area contributed by atoms with E-state index in [-0.39, 0.29) is 5.56 Å². The van der Waals surface area contributed by atoms with E-state index in [1.165, 1.54) is 63.5 Å². The third-order valence-corrected chi connectivity index (χ3v) is 5.11. The molecule has 1 aliphatic rings. The van der Waals surface area contributed by atoms with Crippen LogP contribution in [0.1, 0.15) is 62.5 Å². The van der Waals surface area contributed by atoms with Crippen molar-refractivity contribution in [2.75, 3.05) is 0 Å². The zero-order chi connectivity index (χ0) is 17.5. The highest BCUT2D eigenvalue weighted by Gasteiger charge is 2.13. The average molecular weight is 337 g/mol. The first-order valence-corrected chi connectivity index (χ1v) is 9.27. The Bertz CT molecular complexity index is 728. The van der Waals surface area contributed by atoms with Gasteiger partial charge in [0.1, 0.15) is 11.9 Å². The lowest BCUT2D eigenvalue weighted by Crippen LogP contribution is -1.96. The Hall–Kier alpha value is -2.28. The summed E-state index contributed by atoms with van der Waals surface area (Å²) in [6.07, 6.45) is 15.5. The monoisotopic (exact) mass is 337 g/mol. The van der Waals surface area contributed by atoms with E-state index in [2.05, 4.69) is 9.97 Å². The molecule has 2 aromatic rings. The van der Waals surface area contributed by atoms with E-state index in [1.807, 2.05) is 18.5 Å². The SMILES string of the molecule is N#Cc1ccc(-c2ncc(CCCCCC3CCCC3)cn2)cc1F. The van der Waals surface area contributed by atoms with E-state index >= 15 is 0 Å². The fraction of sp³-hybridized carbons (Fsp3) is 0.476. The molecule has 3 rings (SSSR count). The molecule has 0 radical (unpaired) electrons. The number of aryl methyl sites for hydroxylation is 1. The Balaban J connectivity index is 1.47. The third kappa shape index (κ3) is 4.85. The normalized spacial score (nSPS) is 14.6. The van der Waals surface area contributed by atoms with Crippen molar-refractivity contribution in [1.29, 1.82) is 5.26 Å². The van der Waals surface area contributed by atoms with Crippen molar-refractivity contribution in [2.45, 2.75) is 57.8 Å². The quantitative estimate of drug-likeness (QED) is 0.631. The summed E-state index contributed by atoms with van der Waals surface area (Å²) in [5.74, 6) is 0.943. The molecular weight excluding hydrogens is 313 g/mol. The molecule has 0 spiro atoms. The minimum absolute atomic E-state index is 0.0398. The molecule has 1 saturated carbocycles. The van der Waals surface area contributed by atoms with Crippen LogP contribution in [0.15, 0.2) is 30.6 Å². The third-order valence-electron chi connectivity index (χ3n) is 5.11. The average Bonchev–Trinajstić information content (AvgIpc) is 3.15. The molecule has 3 nitrogen and oxygen atoms in total. The minimum atomic E-state index is -0.532. The smallest absolute Gasteiger partial charge is 0.159 e. The van der Waals surface area contributed by atoms with Crippen molar-refractivity contribution >= 4 is 0 Å². The zero-order valence-corrected chi connectivity index (χ0v) is 14.5. The Morgan fingerprint density at radius 3 is 2.52 bits per heavy atom. The van der Waals surface area contributed by atoms with E-state index in [0.29, 0.717) is 11.4 Å². The number of aromatic nitrogens is 2. The second-order valence-electron chi connectivity index (χ2n) is 6.97. The number of benzene rings is 1. The van der Waals surface area contributed by atoms with Crippen molar-refractivity contribution in [1.82, 2.24) is 9.97 Å². The van der Waals surface area contributed by atoms with Crippen LogP contribution >= 0.6 is 0 Å². The molecule has 1 aliphatic carbocycles. The van der Waals surface area contributed by atoms with Gasteiger partial charge in [0.05, 0.1) is 5.56 Å². The first-order valence-electron chi connectivity index (χ1n) is 9.27. The van der Waals surface area contributed by atoms with Gasteiger partial charge in [-0.15, -0.1) is 0 Å². The summed E-state index contributed by atoms with van der Waals surface area (Å²) in [4.78, 5) is 8.69. The molecule has 1 aromatic carbocycles. The number of hydrogen-bond donors (Lipinski definition) is 0. The highest BCUT2D eigenvalue weighted by atomic mass is 19.1. The lowest BCUT2D eigenvalue weighted by Gasteiger charge is -2.08. The van der Waals surface area contributed by atoms with Crippen LogP contribution < -0.4 is 0 Å². The molecule has 1 aromatic heterocycles. The predicted octanol–water partition coefficient (Wildman–Crippen LogP) is 5.45. The Labute approximate surface area is 148 Å². The number of rotatable bonds is 7. The van der Waals surface area contributed by atoms with Crippen LogP contribution in [0.2, 0.25) is 0 Å². The summed E-state index contributed by atoms with van der Waals surface area (Å²) in [5.41, 5.74) is 1.76. The topological polar surface area (TPSA) is 49.6 Å². The molecule has 0 N–H and O–H groups in total. The van der Waals surface area contributed by atoms with Crippen LogP contribution in [0, 0.1) is 23.1 Å². The number of nitrogens with zero attached hydrogens (tertiary/aromatic N) is 3. The maximum absolute atomic E-state index is 13.7. The van der Waals surface area contributed by atoms with Crippen LogP contribution in [-0.4, -0.2) is 9.97 Å². The van der Waals surface area contributed by atoms with E-state index in [9.17, 15) is 4.39 Å². The second kappa shape index (κ2) is 8.71. The van der Waals surface area contributed by atoms with E-state index in [4.69, 9.17) is 5.26 Å². The van der Waals surface area contributed by atoms with Crippen molar-refractivity contribution < 1.29 is 4.39 Å². The van der Waals surface area contributed by atoms with Gasteiger partial charge in [0, 0.05) is 18.0 Å². The van der Waals surface area contributed by atoms with Gasteiger partial charge in [0.15, 0.2) is 5.82 Å². The summed E-state index contributed by atoms with van der Waals surface area (Å²) < 4.78 is 13.7. The number of nitriles is 1. The number of hydrogen-bond acceptors (Lipinski definition) is 3. The molecule has 1 fully saturated rings. The molecule has 0 atom stereocenters. The highest BCUT2D eigenvalue weighted by Crippen LogP contribution is 2.29. The van der Waals surface area contributed by atoms with Crippen molar-refractivity contribution in [3.05, 3.63) is 47.5 Å². The molecule has 0 saturated heterocycles. The van der Waals surface area contributed by atoms with Gasteiger partial charge in [-0.1, -0.05) is 44.9 Å². The second-order valence-corrected chi connectivity index (χ2v) is 6.97. The fourth-order valence-electron chi connectivity index (χ4n) is 3.62. The summed E-state index contributed by atoms with van der Waals surface area (Å²) in [6.45, 7) is 0. The van der Waals surface area contributed by atoms with Gasteiger partial charge in [-0.05, 0) is 42.5 Å². The molecule has 25 heavy (non-hydrogen) atoms. The highest BCUT2D eigenvalue weighted by molar-refractivity contribution is 5.56. The van der Waals surface area contributed by atoms with E-state index < -0.39 is 5.82 Å². The largest absolute Gasteiger partial charge is 0.236 e. The van der Waals surface area contributed by atoms with Crippen LogP contribution in [0.5, 0.6) is 0 Å². The predicted molar refractivity (Wildman–Crippen MR) is 96.3 cm³/mol. The van der Waals surface area contributed by atoms with Crippen LogP contribution in [0.4, 0.5) is 4.39 Å². The first kappa shape index (κ1) is 17.5. The Morgan fingerprint density at radius 1 is 1.08 bits per heavy atom. The van der Waals surface area contributed by atoms with Crippen molar-refractivity contribution in [3.8, 4) is 17.5 Å². The molecule has 1 heterocycles. The van der Waals surface area contributed by atoms with E-state index in [0.717, 1.165) is 17.9 Å². The molecule has 0 bridgehead atoms. The van der Waals surface area contributed by atoms with Gasteiger partial charge >= 0.3 is 0 Å². The standard InChI is InChI=1S/C21H24FN3/c22-20-12-18(10-11-19(20)13-23)21-24-14-17(15-25-21)9-3-1-2-6-16-7-4-5-8-16/h10-12,14-16H,1-9H2. The fourth-order valence-corrected chi connectivity index (χ4v) is 3.62. The lowest BCUT2D eigenvalue weighted by molar-refractivity contribution is 0.468. The zero-order valence-electron chi connectivity index (χ0n) is 14.5. The summed E-state index contributed by atoms with van der Waals surface area (Å²) in [6, 6.07) is 6.28. The summed E-state index contributed by atoms with van der Waals surface area (Å²) in [5, 5.41) is 8.78. The Morgan fingerprint density at radius 2 is 1.84 bits per heavy atom. The van der Waals surface area contributed by atoms with Gasteiger partial charge in [-0.3, -0.25) is 0 Å². The molecule has 0 unspecified atom stereocenters. The minimum Gasteiger partial charge on any atom is -0.236 e. The number of halogens is 1. The maximum Gasteiger partial charge on any atom is 0.159 e. The van der Waals surface area contributed by atoms with Crippen LogP contribution in [0.3, 0.4) is 0 Å². The maximum atomic E-state index is 13.7. The Kier molecular flexibility index (Phi) is 6.11. The van der Waals surface area contributed by atoms with Gasteiger partial charge in [-0.2, -0.15) is 5.26 Å². The molecule has 0 amide bonds.